The van der Waals surface area contributed by atoms with Crippen molar-refractivity contribution in [3.05, 3.63) is 65.5 Å². The van der Waals surface area contributed by atoms with Crippen LogP contribution in [-0.4, -0.2) is 42.6 Å². The average Bonchev–Trinajstić information content (AvgIpc) is 3.16. The second-order valence-corrected chi connectivity index (χ2v) is 6.57. The number of hydrogen-bond acceptors (Lipinski definition) is 7. The van der Waals surface area contributed by atoms with E-state index < -0.39 is 0 Å². The highest BCUT2D eigenvalue weighted by Gasteiger charge is 2.14. The van der Waals surface area contributed by atoms with Crippen LogP contribution in [0.25, 0.3) is 0 Å². The number of carbonyl (C=O) groups excluding carboxylic acids is 1. The molecule has 7 nitrogen and oxygen atoms in total. The number of nitrogens with one attached hydrogen (secondary N) is 1. The standard InChI is InChI=1S/C20H21N3O4S/c1-25-11-10-21-19(24)15-8-9-16(17(13-15)26-2)27-20-22-18(23-28-20)12-14-6-4-3-5-7-14/h3-9,13H,10-12H2,1-2H3,(H,21,24). The van der Waals surface area contributed by atoms with E-state index in [9.17, 15) is 4.79 Å². The van der Waals surface area contributed by atoms with E-state index in [1.807, 2.05) is 30.3 Å². The Kier molecular flexibility index (Phi) is 6.94. The average molecular weight is 399 g/mol. The molecule has 0 saturated heterocycles. The monoisotopic (exact) mass is 399 g/mol. The van der Waals surface area contributed by atoms with E-state index in [4.69, 9.17) is 14.2 Å². The van der Waals surface area contributed by atoms with Crippen molar-refractivity contribution in [3.63, 3.8) is 0 Å². The molecule has 0 unspecified atom stereocenters. The third kappa shape index (κ3) is 5.28. The summed E-state index contributed by atoms with van der Waals surface area (Å²) in [6.45, 7) is 0.886. The van der Waals surface area contributed by atoms with E-state index in [-0.39, 0.29) is 5.91 Å². The van der Waals surface area contributed by atoms with Gasteiger partial charge in [0.25, 0.3) is 11.1 Å². The van der Waals surface area contributed by atoms with Crippen LogP contribution < -0.4 is 14.8 Å². The van der Waals surface area contributed by atoms with E-state index in [0.717, 1.165) is 5.56 Å². The molecular formula is C20H21N3O4S. The fraction of sp³-hybridized carbons (Fsp3) is 0.250. The Hall–Kier alpha value is -2.97. The molecule has 1 heterocycles. The Morgan fingerprint density at radius 2 is 1.93 bits per heavy atom. The number of rotatable bonds is 9. The van der Waals surface area contributed by atoms with Crippen LogP contribution in [0.4, 0.5) is 0 Å². The lowest BCUT2D eigenvalue weighted by Crippen LogP contribution is -2.26. The lowest BCUT2D eigenvalue weighted by atomic mass is 10.1. The van der Waals surface area contributed by atoms with Gasteiger partial charge in [0, 0.05) is 37.2 Å². The summed E-state index contributed by atoms with van der Waals surface area (Å²) >= 11 is 1.17. The second kappa shape index (κ2) is 9.82. The van der Waals surface area contributed by atoms with Gasteiger partial charge < -0.3 is 19.5 Å². The summed E-state index contributed by atoms with van der Waals surface area (Å²) in [6, 6.07) is 15.0. The summed E-state index contributed by atoms with van der Waals surface area (Å²) in [6.07, 6.45) is 0.637. The summed E-state index contributed by atoms with van der Waals surface area (Å²) in [4.78, 5) is 16.6. The van der Waals surface area contributed by atoms with Crippen molar-refractivity contribution in [2.45, 2.75) is 6.42 Å². The predicted octanol–water partition coefficient (Wildman–Crippen LogP) is 3.31. The molecule has 0 bridgehead atoms. The molecular weight excluding hydrogens is 378 g/mol. The summed E-state index contributed by atoms with van der Waals surface area (Å²) in [5.41, 5.74) is 1.61. The molecule has 2 aromatic carbocycles. The van der Waals surface area contributed by atoms with Gasteiger partial charge >= 0.3 is 0 Å². The molecule has 0 atom stereocenters. The van der Waals surface area contributed by atoms with Crippen molar-refractivity contribution >= 4 is 17.4 Å². The minimum Gasteiger partial charge on any atom is -0.493 e. The SMILES string of the molecule is COCCNC(=O)c1ccc(Oc2nc(Cc3ccccc3)ns2)c(OC)c1. The maximum atomic E-state index is 12.2. The Morgan fingerprint density at radius 3 is 2.68 bits per heavy atom. The maximum Gasteiger partial charge on any atom is 0.298 e. The zero-order valence-corrected chi connectivity index (χ0v) is 16.5. The zero-order valence-electron chi connectivity index (χ0n) is 15.7. The summed E-state index contributed by atoms with van der Waals surface area (Å²) in [5.74, 6) is 1.40. The summed E-state index contributed by atoms with van der Waals surface area (Å²) < 4.78 is 20.4. The number of methoxy groups -OCH3 is 2. The number of amides is 1. The van der Waals surface area contributed by atoms with Crippen molar-refractivity contribution in [1.29, 1.82) is 0 Å². The molecule has 1 N–H and O–H groups in total. The molecule has 3 rings (SSSR count). The number of nitrogens with zero attached hydrogens (tertiary/aromatic N) is 2. The van der Waals surface area contributed by atoms with Gasteiger partial charge in [-0.05, 0) is 23.8 Å². The van der Waals surface area contributed by atoms with Gasteiger partial charge in [-0.3, -0.25) is 4.79 Å². The Labute approximate surface area is 167 Å². The van der Waals surface area contributed by atoms with E-state index in [0.29, 0.717) is 47.7 Å². The molecule has 1 aromatic heterocycles. The molecule has 0 spiro atoms. The molecule has 8 heteroatoms. The molecule has 0 aliphatic carbocycles. The van der Waals surface area contributed by atoms with Crippen molar-refractivity contribution in [1.82, 2.24) is 14.7 Å². The van der Waals surface area contributed by atoms with E-state index >= 15 is 0 Å². The van der Waals surface area contributed by atoms with E-state index in [1.54, 1.807) is 25.3 Å². The lowest BCUT2D eigenvalue weighted by Gasteiger charge is -2.10. The normalized spacial score (nSPS) is 10.5. The van der Waals surface area contributed by atoms with Gasteiger partial charge in [0.1, 0.15) is 0 Å². The largest absolute Gasteiger partial charge is 0.493 e. The molecule has 0 radical (unpaired) electrons. The first-order chi connectivity index (χ1) is 13.7. The van der Waals surface area contributed by atoms with Crippen LogP contribution in [0.15, 0.2) is 48.5 Å². The predicted molar refractivity (Wildman–Crippen MR) is 106 cm³/mol. The highest BCUT2D eigenvalue weighted by atomic mass is 32.1. The molecule has 3 aromatic rings. The van der Waals surface area contributed by atoms with Gasteiger partial charge in [-0.2, -0.15) is 9.36 Å². The fourth-order valence-corrected chi connectivity index (χ4v) is 3.05. The number of hydrogen-bond donors (Lipinski definition) is 1. The minimum absolute atomic E-state index is 0.206. The second-order valence-electron chi connectivity index (χ2n) is 5.86. The molecule has 28 heavy (non-hydrogen) atoms. The quantitative estimate of drug-likeness (QED) is 0.556. The summed E-state index contributed by atoms with van der Waals surface area (Å²) in [7, 11) is 3.11. The molecule has 0 fully saturated rings. The molecule has 1 amide bonds. The van der Waals surface area contributed by atoms with Crippen LogP contribution in [-0.2, 0) is 11.2 Å². The third-order valence-electron chi connectivity index (χ3n) is 3.87. The van der Waals surface area contributed by atoms with Crippen LogP contribution in [0.1, 0.15) is 21.7 Å². The van der Waals surface area contributed by atoms with Crippen LogP contribution in [0.3, 0.4) is 0 Å². The maximum absolute atomic E-state index is 12.2. The fourth-order valence-electron chi connectivity index (χ4n) is 2.49. The van der Waals surface area contributed by atoms with Crippen molar-refractivity contribution in [2.75, 3.05) is 27.4 Å². The van der Waals surface area contributed by atoms with Gasteiger partial charge in [-0.1, -0.05) is 30.3 Å². The van der Waals surface area contributed by atoms with Gasteiger partial charge in [0.05, 0.1) is 13.7 Å². The molecule has 0 saturated carbocycles. The van der Waals surface area contributed by atoms with Crippen LogP contribution in [0.5, 0.6) is 16.7 Å². The Bertz CT molecular complexity index is 915. The highest BCUT2D eigenvalue weighted by molar-refractivity contribution is 7.07. The first kappa shape index (κ1) is 19.8. The number of aromatic nitrogens is 2. The first-order valence-corrected chi connectivity index (χ1v) is 9.46. The first-order valence-electron chi connectivity index (χ1n) is 8.69. The molecule has 146 valence electrons. The lowest BCUT2D eigenvalue weighted by molar-refractivity contribution is 0.0936. The van der Waals surface area contributed by atoms with E-state index in [1.165, 1.54) is 18.6 Å². The van der Waals surface area contributed by atoms with Gasteiger partial charge in [0.15, 0.2) is 17.3 Å². The van der Waals surface area contributed by atoms with E-state index in [2.05, 4.69) is 14.7 Å². The summed E-state index contributed by atoms with van der Waals surface area (Å²) in [5, 5.41) is 3.18. The van der Waals surface area contributed by atoms with Crippen molar-refractivity contribution < 1.29 is 19.0 Å². The molecule has 0 aliphatic rings. The van der Waals surface area contributed by atoms with Gasteiger partial charge in [-0.25, -0.2) is 0 Å². The highest BCUT2D eigenvalue weighted by Crippen LogP contribution is 2.33. The minimum atomic E-state index is -0.206. The molecule has 0 aliphatic heterocycles. The third-order valence-corrected chi connectivity index (χ3v) is 4.50. The van der Waals surface area contributed by atoms with Gasteiger partial charge in [0.2, 0.25) is 0 Å². The van der Waals surface area contributed by atoms with Crippen LogP contribution in [0, 0.1) is 0 Å². The van der Waals surface area contributed by atoms with Crippen molar-refractivity contribution in [2.24, 2.45) is 0 Å². The number of carbonyl (C=O) groups is 1. The smallest absolute Gasteiger partial charge is 0.298 e. The van der Waals surface area contributed by atoms with Crippen LogP contribution in [0.2, 0.25) is 0 Å². The zero-order chi connectivity index (χ0) is 19.8. The Morgan fingerprint density at radius 1 is 1.11 bits per heavy atom. The van der Waals surface area contributed by atoms with Crippen molar-refractivity contribution in [3.8, 4) is 16.7 Å². The van der Waals surface area contributed by atoms with Gasteiger partial charge in [-0.15, -0.1) is 0 Å². The topological polar surface area (TPSA) is 82.6 Å². The Balaban J connectivity index is 1.68. The number of benzene rings is 2. The van der Waals surface area contributed by atoms with Crippen LogP contribution >= 0.6 is 11.5 Å². The number of ether oxygens (including phenoxy) is 3.